The van der Waals surface area contributed by atoms with Crippen LogP contribution in [0.4, 0.5) is 0 Å². The summed E-state index contributed by atoms with van der Waals surface area (Å²) in [7, 11) is 1.97. The molecule has 0 saturated carbocycles. The maximum Gasteiger partial charge on any atom is 0.354 e. The third kappa shape index (κ3) is 1.52. The highest BCUT2D eigenvalue weighted by molar-refractivity contribution is 5.88. The number of carboxylic acid groups (broad SMARTS) is 1. The van der Waals surface area contributed by atoms with Crippen LogP contribution >= 0.6 is 0 Å². The van der Waals surface area contributed by atoms with Crippen LogP contribution in [-0.4, -0.2) is 32.8 Å². The second-order valence-electron chi connectivity index (χ2n) is 4.29. The van der Waals surface area contributed by atoms with Crippen molar-refractivity contribution in [1.82, 2.24) is 14.7 Å². The van der Waals surface area contributed by atoms with E-state index in [0.29, 0.717) is 12.2 Å². The Hall–Kier alpha value is -1.36. The Balaban J connectivity index is 2.53. The number of aromatic nitrogens is 2. The molecule has 1 aromatic rings. The summed E-state index contributed by atoms with van der Waals surface area (Å²) in [6, 6.07) is 0.0898. The Morgan fingerprint density at radius 2 is 2.13 bits per heavy atom. The Kier molecular flexibility index (Phi) is 2.26. The molecule has 1 aromatic heterocycles. The van der Waals surface area contributed by atoms with Crippen molar-refractivity contribution in [2.24, 2.45) is 0 Å². The SMILES string of the molecule is CC(C)n1nc2c(c1C(=O)O)CN(C)C2. The molecule has 0 saturated heterocycles. The number of hydrogen-bond donors (Lipinski definition) is 1. The van der Waals surface area contributed by atoms with Gasteiger partial charge in [-0.15, -0.1) is 0 Å². The van der Waals surface area contributed by atoms with Gasteiger partial charge in [0, 0.05) is 24.7 Å². The van der Waals surface area contributed by atoms with Crippen molar-refractivity contribution in [3.63, 3.8) is 0 Å². The first kappa shape index (κ1) is 10.2. The standard InChI is InChI=1S/C10H15N3O2/c1-6(2)13-9(10(14)15)7-4-12(3)5-8(7)11-13/h6H,4-5H2,1-3H3,(H,14,15). The van der Waals surface area contributed by atoms with E-state index in [2.05, 4.69) is 10.00 Å². The molecule has 2 heterocycles. The van der Waals surface area contributed by atoms with Gasteiger partial charge in [-0.2, -0.15) is 5.10 Å². The molecule has 2 rings (SSSR count). The summed E-state index contributed by atoms with van der Waals surface area (Å²) in [6.07, 6.45) is 0. The molecule has 0 spiro atoms. The molecule has 0 aliphatic carbocycles. The second-order valence-corrected chi connectivity index (χ2v) is 4.29. The van der Waals surface area contributed by atoms with Crippen LogP contribution in [0.3, 0.4) is 0 Å². The van der Waals surface area contributed by atoms with Crippen LogP contribution in [0.25, 0.3) is 0 Å². The van der Waals surface area contributed by atoms with E-state index in [-0.39, 0.29) is 6.04 Å². The van der Waals surface area contributed by atoms with Gasteiger partial charge >= 0.3 is 5.97 Å². The maximum atomic E-state index is 11.2. The Morgan fingerprint density at radius 3 is 2.67 bits per heavy atom. The van der Waals surface area contributed by atoms with Crippen LogP contribution in [0.15, 0.2) is 0 Å². The van der Waals surface area contributed by atoms with Gasteiger partial charge in [-0.05, 0) is 20.9 Å². The van der Waals surface area contributed by atoms with Crippen LogP contribution in [0.5, 0.6) is 0 Å². The zero-order valence-corrected chi connectivity index (χ0v) is 9.19. The number of aromatic carboxylic acids is 1. The van der Waals surface area contributed by atoms with Crippen molar-refractivity contribution in [2.75, 3.05) is 7.05 Å². The molecule has 1 aliphatic rings. The first-order chi connectivity index (χ1) is 7.00. The van der Waals surface area contributed by atoms with Crippen molar-refractivity contribution in [2.45, 2.75) is 33.0 Å². The highest BCUT2D eigenvalue weighted by Gasteiger charge is 2.29. The van der Waals surface area contributed by atoms with Crippen LogP contribution in [0.2, 0.25) is 0 Å². The fourth-order valence-corrected chi connectivity index (χ4v) is 1.99. The van der Waals surface area contributed by atoms with E-state index < -0.39 is 5.97 Å². The number of carboxylic acids is 1. The molecule has 0 atom stereocenters. The van der Waals surface area contributed by atoms with Crippen molar-refractivity contribution >= 4 is 5.97 Å². The number of rotatable bonds is 2. The van der Waals surface area contributed by atoms with Gasteiger partial charge in [0.05, 0.1) is 5.69 Å². The third-order valence-corrected chi connectivity index (χ3v) is 2.63. The van der Waals surface area contributed by atoms with E-state index in [1.807, 2.05) is 20.9 Å². The number of carbonyl (C=O) groups is 1. The monoisotopic (exact) mass is 209 g/mol. The highest BCUT2D eigenvalue weighted by atomic mass is 16.4. The van der Waals surface area contributed by atoms with Crippen LogP contribution in [0, 0.1) is 0 Å². The topological polar surface area (TPSA) is 58.4 Å². The molecule has 0 aromatic carbocycles. The van der Waals surface area contributed by atoms with Crippen molar-refractivity contribution in [1.29, 1.82) is 0 Å². The molecule has 0 radical (unpaired) electrons. The predicted molar refractivity (Wildman–Crippen MR) is 54.7 cm³/mol. The van der Waals surface area contributed by atoms with E-state index in [9.17, 15) is 9.90 Å². The molecule has 15 heavy (non-hydrogen) atoms. The lowest BCUT2D eigenvalue weighted by Crippen LogP contribution is -2.17. The molecule has 82 valence electrons. The Morgan fingerprint density at radius 1 is 1.47 bits per heavy atom. The normalized spacial score (nSPS) is 16.0. The average molecular weight is 209 g/mol. The highest BCUT2D eigenvalue weighted by Crippen LogP contribution is 2.26. The largest absolute Gasteiger partial charge is 0.477 e. The number of fused-ring (bicyclic) bond motifs is 1. The minimum absolute atomic E-state index is 0.0898. The lowest BCUT2D eigenvalue weighted by Gasteiger charge is -2.11. The smallest absolute Gasteiger partial charge is 0.354 e. The summed E-state index contributed by atoms with van der Waals surface area (Å²) in [5.41, 5.74) is 2.13. The van der Waals surface area contributed by atoms with Gasteiger partial charge < -0.3 is 5.11 Å². The summed E-state index contributed by atoms with van der Waals surface area (Å²) in [4.78, 5) is 13.2. The van der Waals surface area contributed by atoms with Gasteiger partial charge in [0.2, 0.25) is 0 Å². The lowest BCUT2D eigenvalue weighted by molar-refractivity contribution is 0.0679. The molecule has 1 aliphatic heterocycles. The van der Waals surface area contributed by atoms with Crippen LogP contribution in [-0.2, 0) is 13.1 Å². The zero-order chi connectivity index (χ0) is 11.2. The summed E-state index contributed by atoms with van der Waals surface area (Å²) in [5.74, 6) is -0.882. The molecule has 0 unspecified atom stereocenters. The minimum Gasteiger partial charge on any atom is -0.477 e. The van der Waals surface area contributed by atoms with Gasteiger partial charge in [0.25, 0.3) is 0 Å². The van der Waals surface area contributed by atoms with Crippen molar-refractivity contribution in [3.8, 4) is 0 Å². The zero-order valence-electron chi connectivity index (χ0n) is 9.19. The molecule has 5 heteroatoms. The fourth-order valence-electron chi connectivity index (χ4n) is 1.99. The molecule has 0 amide bonds. The Labute approximate surface area is 88.3 Å². The van der Waals surface area contributed by atoms with Gasteiger partial charge in [-0.1, -0.05) is 0 Å². The van der Waals surface area contributed by atoms with Crippen molar-refractivity contribution < 1.29 is 9.90 Å². The Bertz CT molecular complexity index is 409. The van der Waals surface area contributed by atoms with Gasteiger partial charge in [0.15, 0.2) is 5.69 Å². The first-order valence-corrected chi connectivity index (χ1v) is 5.02. The van der Waals surface area contributed by atoms with E-state index >= 15 is 0 Å². The van der Waals surface area contributed by atoms with Crippen molar-refractivity contribution in [3.05, 3.63) is 17.0 Å². The second kappa shape index (κ2) is 3.34. The van der Waals surface area contributed by atoms with Gasteiger partial charge in [-0.25, -0.2) is 4.79 Å². The third-order valence-electron chi connectivity index (χ3n) is 2.63. The average Bonchev–Trinajstić information content (AvgIpc) is 2.58. The molecule has 5 nitrogen and oxygen atoms in total. The number of nitrogens with zero attached hydrogens (tertiary/aromatic N) is 3. The summed E-state index contributed by atoms with van der Waals surface area (Å²) < 4.78 is 1.61. The molecular formula is C10H15N3O2. The lowest BCUT2D eigenvalue weighted by atomic mass is 10.2. The molecular weight excluding hydrogens is 194 g/mol. The van der Waals surface area contributed by atoms with E-state index in [4.69, 9.17) is 0 Å². The first-order valence-electron chi connectivity index (χ1n) is 5.02. The number of hydrogen-bond acceptors (Lipinski definition) is 3. The maximum absolute atomic E-state index is 11.2. The van der Waals surface area contributed by atoms with Gasteiger partial charge in [-0.3, -0.25) is 9.58 Å². The van der Waals surface area contributed by atoms with Crippen LogP contribution in [0.1, 0.15) is 41.6 Å². The van der Waals surface area contributed by atoms with E-state index in [0.717, 1.165) is 17.8 Å². The molecule has 1 N–H and O–H groups in total. The predicted octanol–water partition coefficient (Wildman–Crippen LogP) is 1.11. The summed E-state index contributed by atoms with van der Waals surface area (Å²) >= 11 is 0. The fraction of sp³-hybridized carbons (Fsp3) is 0.600. The minimum atomic E-state index is -0.882. The van der Waals surface area contributed by atoms with Gasteiger partial charge in [0.1, 0.15) is 0 Å². The summed E-state index contributed by atoms with van der Waals surface area (Å²) in [5, 5.41) is 13.5. The molecule has 0 bridgehead atoms. The van der Waals surface area contributed by atoms with E-state index in [1.165, 1.54) is 0 Å². The van der Waals surface area contributed by atoms with Crippen LogP contribution < -0.4 is 0 Å². The quantitative estimate of drug-likeness (QED) is 0.792. The van der Waals surface area contributed by atoms with E-state index in [1.54, 1.807) is 4.68 Å². The summed E-state index contributed by atoms with van der Waals surface area (Å²) in [6.45, 7) is 5.32. The molecule has 0 fully saturated rings.